The third kappa shape index (κ3) is 7.85. The Morgan fingerprint density at radius 3 is 2.02 bits per heavy atom. The molecule has 0 aliphatic rings. The van der Waals surface area contributed by atoms with Crippen molar-refractivity contribution in [3.8, 4) is 33.6 Å². The molecular formula is C43H38IrN2-2. The van der Waals surface area contributed by atoms with Crippen molar-refractivity contribution in [3.63, 3.8) is 0 Å². The molecule has 3 heteroatoms. The van der Waals surface area contributed by atoms with Crippen LogP contribution in [0.5, 0.6) is 0 Å². The predicted octanol–water partition coefficient (Wildman–Crippen LogP) is 11.3. The van der Waals surface area contributed by atoms with Crippen molar-refractivity contribution < 1.29 is 28.3 Å². The van der Waals surface area contributed by atoms with Crippen LogP contribution in [0.25, 0.3) is 55.2 Å². The molecule has 0 unspecified atom stereocenters. The maximum Gasteiger partial charge on any atom is 0.0280 e. The summed E-state index contributed by atoms with van der Waals surface area (Å²) < 4.78 is 43.6. The predicted molar refractivity (Wildman–Crippen MR) is 190 cm³/mol. The van der Waals surface area contributed by atoms with Crippen molar-refractivity contribution >= 4 is 21.5 Å². The summed E-state index contributed by atoms with van der Waals surface area (Å²) in [4.78, 5) is 8.68. The molecule has 0 saturated heterocycles. The van der Waals surface area contributed by atoms with Crippen molar-refractivity contribution in [2.24, 2.45) is 5.41 Å². The fourth-order valence-corrected chi connectivity index (χ4v) is 5.53. The Morgan fingerprint density at radius 1 is 0.652 bits per heavy atom. The van der Waals surface area contributed by atoms with Gasteiger partial charge in [-0.2, -0.15) is 0 Å². The number of pyridine rings is 2. The normalized spacial score (nSPS) is 13.5. The molecule has 5 aromatic carbocycles. The molecule has 7 rings (SSSR count). The van der Waals surface area contributed by atoms with Crippen LogP contribution in [-0.4, -0.2) is 9.97 Å². The molecule has 0 atom stereocenters. The van der Waals surface area contributed by atoms with Gasteiger partial charge in [-0.05, 0) is 63.3 Å². The number of fused-ring (bicyclic) bond motifs is 3. The minimum absolute atomic E-state index is 0. The summed E-state index contributed by atoms with van der Waals surface area (Å²) in [6.07, 6.45) is 4.24. The SMILES string of the molecule is CC(C)(C)Cc1ccnc(-c2[c-]cc(-c3cc4ccccc4c4ccccc34)cc2)c1.[2H]C([2H])([2H])c1c[c-]c(-c2ccc(C([2H])([2H])[2H])cn2)cc1.[Ir]. The van der Waals surface area contributed by atoms with Gasteiger partial charge in [-0.25, -0.2) is 0 Å². The van der Waals surface area contributed by atoms with Crippen molar-refractivity contribution in [2.75, 3.05) is 0 Å². The molecule has 46 heavy (non-hydrogen) atoms. The Labute approximate surface area is 295 Å². The van der Waals surface area contributed by atoms with E-state index in [2.05, 4.69) is 128 Å². The Hall–Kier alpha value is -4.43. The maximum atomic E-state index is 7.28. The minimum atomic E-state index is -2.18. The van der Waals surface area contributed by atoms with E-state index in [0.717, 1.165) is 17.7 Å². The van der Waals surface area contributed by atoms with Crippen LogP contribution < -0.4 is 0 Å². The summed E-state index contributed by atoms with van der Waals surface area (Å²) in [5.41, 5.74) is 7.55. The summed E-state index contributed by atoms with van der Waals surface area (Å²) in [6.45, 7) is 2.46. The monoisotopic (exact) mass is 781 g/mol. The van der Waals surface area contributed by atoms with Crippen molar-refractivity contribution in [3.05, 3.63) is 156 Å². The third-order valence-electron chi connectivity index (χ3n) is 7.58. The zero-order chi connectivity index (χ0) is 36.4. The van der Waals surface area contributed by atoms with Gasteiger partial charge < -0.3 is 9.97 Å². The van der Waals surface area contributed by atoms with E-state index in [1.807, 2.05) is 6.20 Å². The van der Waals surface area contributed by atoms with Crippen LogP contribution in [0.4, 0.5) is 0 Å². The van der Waals surface area contributed by atoms with E-state index in [-0.39, 0.29) is 36.6 Å². The molecule has 0 aliphatic heterocycles. The number of hydrogen-bond acceptors (Lipinski definition) is 2. The van der Waals surface area contributed by atoms with Gasteiger partial charge in [0.05, 0.1) is 0 Å². The first-order valence-corrected chi connectivity index (χ1v) is 15.0. The Balaban J connectivity index is 0.000000217. The van der Waals surface area contributed by atoms with Gasteiger partial charge in [0.1, 0.15) is 0 Å². The van der Waals surface area contributed by atoms with Crippen LogP contribution in [0.1, 0.15) is 45.7 Å². The van der Waals surface area contributed by atoms with Gasteiger partial charge in [0.2, 0.25) is 0 Å². The van der Waals surface area contributed by atoms with Gasteiger partial charge >= 0.3 is 0 Å². The van der Waals surface area contributed by atoms with E-state index in [1.54, 1.807) is 12.1 Å². The second-order valence-electron chi connectivity index (χ2n) is 12.4. The van der Waals surface area contributed by atoms with E-state index >= 15 is 0 Å². The van der Waals surface area contributed by atoms with E-state index < -0.39 is 13.7 Å². The number of aryl methyl sites for hydroxylation is 2. The van der Waals surface area contributed by atoms with Crippen LogP contribution in [0.3, 0.4) is 0 Å². The van der Waals surface area contributed by atoms with E-state index in [4.69, 9.17) is 8.22 Å². The van der Waals surface area contributed by atoms with Crippen LogP contribution >= 0.6 is 0 Å². The number of benzene rings is 5. The molecule has 0 saturated carbocycles. The van der Waals surface area contributed by atoms with Crippen LogP contribution in [-0.2, 0) is 26.5 Å². The average Bonchev–Trinajstić information content (AvgIpc) is 3.10. The quantitative estimate of drug-likeness (QED) is 0.131. The second-order valence-corrected chi connectivity index (χ2v) is 12.4. The van der Waals surface area contributed by atoms with E-state index in [1.165, 1.54) is 62.6 Å². The Kier molecular flexibility index (Phi) is 8.02. The van der Waals surface area contributed by atoms with Gasteiger partial charge in [-0.15, -0.1) is 65.2 Å². The standard InChI is InChI=1S/C30H26N.C13H12N.Ir/c1-30(2,3)20-21-16-17-31-29(18-21)23-14-12-22(13-15-23)28-19-24-8-4-5-9-25(24)26-10-6-7-11-27(26)28;1-10-3-6-12(7-4-10)13-8-5-11(2)9-14-13;/h4-14,16-19H,20H2,1-3H3;3-6,8-9H,1-2H3;/q2*-1;/i;1D3,2D3;. The van der Waals surface area contributed by atoms with E-state index in [0.29, 0.717) is 11.3 Å². The summed E-state index contributed by atoms with van der Waals surface area (Å²) in [5.74, 6) is 0. The fourth-order valence-electron chi connectivity index (χ4n) is 5.53. The van der Waals surface area contributed by atoms with Gasteiger partial charge in [0.25, 0.3) is 0 Å². The van der Waals surface area contributed by atoms with Crippen LogP contribution in [0.15, 0.2) is 128 Å². The molecule has 0 fully saturated rings. The molecule has 7 aromatic rings. The number of rotatable bonds is 4. The summed E-state index contributed by atoms with van der Waals surface area (Å²) in [7, 11) is 0. The second kappa shape index (κ2) is 14.3. The zero-order valence-electron chi connectivity index (χ0n) is 32.1. The Bertz CT molecular complexity index is 2220. The summed E-state index contributed by atoms with van der Waals surface area (Å²) >= 11 is 0. The average molecular weight is 781 g/mol. The molecule has 2 heterocycles. The first-order valence-electron chi connectivity index (χ1n) is 18.0. The minimum Gasteiger partial charge on any atom is -0.305 e. The van der Waals surface area contributed by atoms with Crippen LogP contribution in [0.2, 0.25) is 0 Å². The van der Waals surface area contributed by atoms with Crippen molar-refractivity contribution in [1.82, 2.24) is 9.97 Å². The topological polar surface area (TPSA) is 25.8 Å². The largest absolute Gasteiger partial charge is 0.305 e. The van der Waals surface area contributed by atoms with Crippen molar-refractivity contribution in [2.45, 2.75) is 40.9 Å². The Morgan fingerprint density at radius 2 is 1.35 bits per heavy atom. The summed E-state index contributed by atoms with van der Waals surface area (Å²) in [6, 6.07) is 44.2. The molecule has 1 radical (unpaired) electrons. The van der Waals surface area contributed by atoms with Crippen molar-refractivity contribution in [1.29, 1.82) is 0 Å². The molecule has 2 aromatic heterocycles. The number of nitrogens with zero attached hydrogens (tertiary/aromatic N) is 2. The molecular weight excluding hydrogens is 737 g/mol. The van der Waals surface area contributed by atoms with Crippen LogP contribution in [0, 0.1) is 31.3 Å². The molecule has 231 valence electrons. The van der Waals surface area contributed by atoms with Gasteiger partial charge in [0, 0.05) is 40.7 Å². The first kappa shape index (κ1) is 25.7. The molecule has 0 spiro atoms. The molecule has 0 N–H and O–H groups in total. The summed E-state index contributed by atoms with van der Waals surface area (Å²) in [5, 5.41) is 5.11. The van der Waals surface area contributed by atoms with E-state index in [9.17, 15) is 0 Å². The smallest absolute Gasteiger partial charge is 0.0280 e. The fraction of sp³-hybridized carbons (Fsp3) is 0.163. The molecule has 2 nitrogen and oxygen atoms in total. The number of hydrogen-bond donors (Lipinski definition) is 0. The van der Waals surface area contributed by atoms with Gasteiger partial charge in [-0.3, -0.25) is 0 Å². The first-order chi connectivity index (χ1) is 24.2. The molecule has 0 bridgehead atoms. The van der Waals surface area contributed by atoms with Gasteiger partial charge in [0.15, 0.2) is 0 Å². The zero-order valence-corrected chi connectivity index (χ0v) is 28.5. The number of aromatic nitrogens is 2. The molecule has 0 aliphatic carbocycles. The maximum absolute atomic E-state index is 7.28. The molecule has 0 amide bonds. The van der Waals surface area contributed by atoms with Gasteiger partial charge in [-0.1, -0.05) is 117 Å². The third-order valence-corrected chi connectivity index (χ3v) is 7.58.